The average Bonchev–Trinajstić information content (AvgIpc) is 2.88. The van der Waals surface area contributed by atoms with Crippen molar-refractivity contribution in [1.82, 2.24) is 0 Å². The monoisotopic (exact) mass is 488 g/mol. The SMILES string of the molecule is CCOc1ccc(OCc2ccc(-c3ccc(C4CCC(OC)CC4)c(F)c3F)cc2)c(F)c1F. The van der Waals surface area contributed by atoms with Crippen molar-refractivity contribution in [3.05, 3.63) is 82.9 Å². The molecule has 3 aromatic carbocycles. The van der Waals surface area contributed by atoms with E-state index >= 15 is 0 Å². The van der Waals surface area contributed by atoms with E-state index in [2.05, 4.69) is 0 Å². The van der Waals surface area contributed by atoms with E-state index < -0.39 is 23.3 Å². The fourth-order valence-corrected chi connectivity index (χ4v) is 4.55. The number of hydrogen-bond acceptors (Lipinski definition) is 3. The number of methoxy groups -OCH3 is 1. The maximum atomic E-state index is 15.0. The first kappa shape index (κ1) is 25.0. The Kier molecular flexibility index (Phi) is 7.96. The predicted molar refractivity (Wildman–Crippen MR) is 126 cm³/mol. The van der Waals surface area contributed by atoms with Crippen molar-refractivity contribution in [3.63, 3.8) is 0 Å². The van der Waals surface area contributed by atoms with Crippen molar-refractivity contribution >= 4 is 0 Å². The third-order valence-electron chi connectivity index (χ3n) is 6.53. The van der Waals surface area contributed by atoms with Crippen LogP contribution in [0.2, 0.25) is 0 Å². The normalized spacial score (nSPS) is 17.9. The van der Waals surface area contributed by atoms with Gasteiger partial charge in [0.25, 0.3) is 0 Å². The lowest BCUT2D eigenvalue weighted by atomic mass is 9.82. The lowest BCUT2D eigenvalue weighted by Gasteiger charge is -2.28. The first-order valence-electron chi connectivity index (χ1n) is 11.8. The quantitative estimate of drug-likeness (QED) is 0.306. The molecule has 0 unspecified atom stereocenters. The van der Waals surface area contributed by atoms with Crippen LogP contribution in [-0.2, 0) is 11.3 Å². The lowest BCUT2D eigenvalue weighted by Crippen LogP contribution is -2.20. The van der Waals surface area contributed by atoms with E-state index in [0.29, 0.717) is 16.7 Å². The number of ether oxygens (including phenoxy) is 3. The third kappa shape index (κ3) is 5.45. The Balaban J connectivity index is 1.44. The summed E-state index contributed by atoms with van der Waals surface area (Å²) in [5.74, 6) is -4.33. The van der Waals surface area contributed by atoms with E-state index in [4.69, 9.17) is 14.2 Å². The summed E-state index contributed by atoms with van der Waals surface area (Å²) in [7, 11) is 1.68. The van der Waals surface area contributed by atoms with Crippen LogP contribution in [-0.4, -0.2) is 19.8 Å². The van der Waals surface area contributed by atoms with Gasteiger partial charge in [-0.2, -0.15) is 8.78 Å². The van der Waals surface area contributed by atoms with E-state index in [1.165, 1.54) is 12.1 Å². The summed E-state index contributed by atoms with van der Waals surface area (Å²) in [4.78, 5) is 0. The van der Waals surface area contributed by atoms with Gasteiger partial charge < -0.3 is 14.2 Å². The van der Waals surface area contributed by atoms with E-state index in [1.54, 1.807) is 50.4 Å². The van der Waals surface area contributed by atoms with Crippen molar-refractivity contribution in [3.8, 4) is 22.6 Å². The molecule has 0 spiro atoms. The highest BCUT2D eigenvalue weighted by Crippen LogP contribution is 2.37. The predicted octanol–water partition coefficient (Wildman–Crippen LogP) is 7.56. The highest BCUT2D eigenvalue weighted by molar-refractivity contribution is 5.65. The van der Waals surface area contributed by atoms with Crippen molar-refractivity contribution < 1.29 is 31.8 Å². The van der Waals surface area contributed by atoms with Gasteiger partial charge >= 0.3 is 0 Å². The van der Waals surface area contributed by atoms with Crippen LogP contribution < -0.4 is 9.47 Å². The molecule has 1 saturated carbocycles. The minimum atomic E-state index is -1.12. The second-order valence-corrected chi connectivity index (χ2v) is 8.65. The number of rotatable bonds is 8. The molecule has 7 heteroatoms. The Labute approximate surface area is 202 Å². The van der Waals surface area contributed by atoms with Crippen molar-refractivity contribution in [2.45, 2.75) is 51.2 Å². The Hall–Kier alpha value is -3.06. The molecule has 1 aliphatic rings. The molecule has 35 heavy (non-hydrogen) atoms. The summed E-state index contributed by atoms with van der Waals surface area (Å²) in [6.07, 6.45) is 3.39. The molecule has 0 aliphatic heterocycles. The lowest BCUT2D eigenvalue weighted by molar-refractivity contribution is 0.0655. The maximum Gasteiger partial charge on any atom is 0.204 e. The zero-order chi connectivity index (χ0) is 24.9. The Morgan fingerprint density at radius 3 is 1.94 bits per heavy atom. The van der Waals surface area contributed by atoms with E-state index in [0.717, 1.165) is 25.7 Å². The van der Waals surface area contributed by atoms with Crippen LogP contribution in [0.3, 0.4) is 0 Å². The summed E-state index contributed by atoms with van der Waals surface area (Å²) in [6.45, 7) is 1.87. The van der Waals surface area contributed by atoms with Gasteiger partial charge in [-0.1, -0.05) is 36.4 Å². The van der Waals surface area contributed by atoms with Gasteiger partial charge in [-0.05, 0) is 67.3 Å². The van der Waals surface area contributed by atoms with Crippen LogP contribution in [0.5, 0.6) is 11.5 Å². The molecule has 1 aliphatic carbocycles. The second-order valence-electron chi connectivity index (χ2n) is 8.65. The van der Waals surface area contributed by atoms with Gasteiger partial charge in [0.15, 0.2) is 23.1 Å². The Bertz CT molecular complexity index is 1160. The molecule has 0 radical (unpaired) electrons. The summed E-state index contributed by atoms with van der Waals surface area (Å²) in [5, 5.41) is 0. The zero-order valence-electron chi connectivity index (χ0n) is 19.8. The van der Waals surface area contributed by atoms with Crippen LogP contribution in [0.25, 0.3) is 11.1 Å². The van der Waals surface area contributed by atoms with Crippen LogP contribution in [0.4, 0.5) is 17.6 Å². The van der Waals surface area contributed by atoms with Gasteiger partial charge in [-0.3, -0.25) is 0 Å². The molecule has 3 nitrogen and oxygen atoms in total. The van der Waals surface area contributed by atoms with Gasteiger partial charge in [0.2, 0.25) is 11.6 Å². The smallest absolute Gasteiger partial charge is 0.204 e. The highest BCUT2D eigenvalue weighted by Gasteiger charge is 2.26. The molecule has 1 fully saturated rings. The Morgan fingerprint density at radius 1 is 0.714 bits per heavy atom. The summed E-state index contributed by atoms with van der Waals surface area (Å²) < 4.78 is 73.9. The first-order valence-corrected chi connectivity index (χ1v) is 11.8. The summed E-state index contributed by atoms with van der Waals surface area (Å²) >= 11 is 0. The standard InChI is InChI=1S/C28H28F4O3/c1-3-34-23-14-15-24(28(32)27(23)31)35-16-17-4-6-18(7-5-17)21-12-13-22(26(30)25(21)29)19-8-10-20(33-2)11-9-19/h4-7,12-15,19-20H,3,8-11,16H2,1-2H3. The van der Waals surface area contributed by atoms with Gasteiger partial charge in [-0.15, -0.1) is 0 Å². The fraction of sp³-hybridized carbons (Fsp3) is 0.357. The molecule has 0 heterocycles. The molecule has 0 bridgehead atoms. The molecular formula is C28H28F4O3. The van der Waals surface area contributed by atoms with Gasteiger partial charge in [0, 0.05) is 12.7 Å². The van der Waals surface area contributed by atoms with Gasteiger partial charge in [-0.25, -0.2) is 8.78 Å². The zero-order valence-corrected chi connectivity index (χ0v) is 19.8. The highest BCUT2D eigenvalue weighted by atomic mass is 19.2. The van der Waals surface area contributed by atoms with Gasteiger partial charge in [0.1, 0.15) is 6.61 Å². The molecule has 0 atom stereocenters. The molecule has 0 N–H and O–H groups in total. The molecule has 0 amide bonds. The van der Waals surface area contributed by atoms with Crippen LogP contribution >= 0.6 is 0 Å². The number of benzene rings is 3. The number of hydrogen-bond donors (Lipinski definition) is 0. The summed E-state index contributed by atoms with van der Waals surface area (Å²) in [5.41, 5.74) is 1.76. The molecule has 4 rings (SSSR count). The van der Waals surface area contributed by atoms with E-state index in [9.17, 15) is 17.6 Å². The van der Waals surface area contributed by atoms with Crippen LogP contribution in [0.1, 0.15) is 49.7 Å². The third-order valence-corrected chi connectivity index (χ3v) is 6.53. The van der Waals surface area contributed by atoms with E-state index in [1.807, 2.05) is 0 Å². The maximum absolute atomic E-state index is 15.0. The van der Waals surface area contributed by atoms with Crippen LogP contribution in [0, 0.1) is 23.3 Å². The molecule has 0 saturated heterocycles. The minimum absolute atomic E-state index is 0.0164. The minimum Gasteiger partial charge on any atom is -0.491 e. The van der Waals surface area contributed by atoms with Crippen molar-refractivity contribution in [1.29, 1.82) is 0 Å². The second kappa shape index (κ2) is 11.1. The van der Waals surface area contributed by atoms with E-state index in [-0.39, 0.29) is 42.3 Å². The van der Waals surface area contributed by atoms with Gasteiger partial charge in [0.05, 0.1) is 12.7 Å². The van der Waals surface area contributed by atoms with Crippen molar-refractivity contribution in [2.75, 3.05) is 13.7 Å². The first-order chi connectivity index (χ1) is 16.9. The average molecular weight is 489 g/mol. The number of halogens is 4. The molecule has 186 valence electrons. The molecular weight excluding hydrogens is 460 g/mol. The van der Waals surface area contributed by atoms with Crippen LogP contribution in [0.15, 0.2) is 48.5 Å². The summed E-state index contributed by atoms with van der Waals surface area (Å²) in [6, 6.07) is 12.5. The fourth-order valence-electron chi connectivity index (χ4n) is 4.55. The Morgan fingerprint density at radius 2 is 1.34 bits per heavy atom. The largest absolute Gasteiger partial charge is 0.491 e. The molecule has 3 aromatic rings. The van der Waals surface area contributed by atoms with Crippen molar-refractivity contribution in [2.24, 2.45) is 0 Å². The topological polar surface area (TPSA) is 27.7 Å². The molecule has 0 aromatic heterocycles.